The normalized spacial score (nSPS) is 10.8. The number of anilines is 1. The SMILES string of the molecule is COCCC(=O)N(Cc1ccc(C)cn1)c1ncc(C(=O)NCCCn2ccnc2)s1. The quantitative estimate of drug-likeness (QED) is 0.458. The van der Waals surface area contributed by atoms with Gasteiger partial charge in [-0.3, -0.25) is 19.5 Å². The van der Waals surface area contributed by atoms with Crippen LogP contribution in [0.2, 0.25) is 0 Å². The topological polar surface area (TPSA) is 102 Å². The Hall–Kier alpha value is -3.11. The molecule has 0 saturated carbocycles. The molecule has 0 aromatic carbocycles. The minimum absolute atomic E-state index is 0.133. The number of hydrogen-bond acceptors (Lipinski definition) is 7. The summed E-state index contributed by atoms with van der Waals surface area (Å²) < 4.78 is 7.00. The number of amides is 2. The highest BCUT2D eigenvalue weighted by Crippen LogP contribution is 2.25. The zero-order chi connectivity index (χ0) is 22.1. The molecule has 2 amide bonds. The zero-order valence-corrected chi connectivity index (χ0v) is 18.5. The lowest BCUT2D eigenvalue weighted by molar-refractivity contribution is -0.119. The second-order valence-electron chi connectivity index (χ2n) is 6.97. The first kappa shape index (κ1) is 22.6. The van der Waals surface area contributed by atoms with Crippen LogP contribution in [0.3, 0.4) is 0 Å². The first-order chi connectivity index (χ1) is 15.1. The molecule has 10 heteroatoms. The monoisotopic (exact) mass is 442 g/mol. The summed E-state index contributed by atoms with van der Waals surface area (Å²) in [5.74, 6) is -0.335. The van der Waals surface area contributed by atoms with E-state index < -0.39 is 0 Å². The van der Waals surface area contributed by atoms with E-state index in [1.165, 1.54) is 17.5 Å². The molecule has 0 saturated heterocycles. The van der Waals surface area contributed by atoms with Gasteiger partial charge in [0.1, 0.15) is 4.88 Å². The fourth-order valence-electron chi connectivity index (χ4n) is 2.81. The fraction of sp³-hybridized carbons (Fsp3) is 0.381. The highest BCUT2D eigenvalue weighted by atomic mass is 32.1. The highest BCUT2D eigenvalue weighted by molar-refractivity contribution is 7.17. The van der Waals surface area contributed by atoms with E-state index in [2.05, 4.69) is 20.3 Å². The molecule has 0 fully saturated rings. The Balaban J connectivity index is 1.63. The van der Waals surface area contributed by atoms with Gasteiger partial charge < -0.3 is 14.6 Å². The molecular weight excluding hydrogens is 416 g/mol. The Morgan fingerprint density at radius 2 is 2.13 bits per heavy atom. The third-order valence-corrected chi connectivity index (χ3v) is 5.52. The van der Waals surface area contributed by atoms with Gasteiger partial charge in [0.25, 0.3) is 5.91 Å². The number of aryl methyl sites for hydroxylation is 2. The van der Waals surface area contributed by atoms with Crippen LogP contribution in [0, 0.1) is 6.92 Å². The first-order valence-electron chi connectivity index (χ1n) is 9.97. The van der Waals surface area contributed by atoms with Crippen LogP contribution >= 0.6 is 11.3 Å². The molecule has 0 spiro atoms. The molecule has 0 aliphatic carbocycles. The maximum atomic E-state index is 12.8. The summed E-state index contributed by atoms with van der Waals surface area (Å²) in [6.45, 7) is 3.86. The lowest BCUT2D eigenvalue weighted by Crippen LogP contribution is -2.31. The van der Waals surface area contributed by atoms with Crippen molar-refractivity contribution in [3.8, 4) is 0 Å². The minimum Gasteiger partial charge on any atom is -0.384 e. The maximum Gasteiger partial charge on any atom is 0.263 e. The van der Waals surface area contributed by atoms with E-state index in [9.17, 15) is 9.59 Å². The van der Waals surface area contributed by atoms with Gasteiger partial charge in [0.2, 0.25) is 5.91 Å². The van der Waals surface area contributed by atoms with Crippen LogP contribution in [0.1, 0.15) is 33.8 Å². The molecule has 0 unspecified atom stereocenters. The zero-order valence-electron chi connectivity index (χ0n) is 17.7. The van der Waals surface area contributed by atoms with Crippen molar-refractivity contribution in [2.24, 2.45) is 0 Å². The fourth-order valence-corrected chi connectivity index (χ4v) is 3.65. The van der Waals surface area contributed by atoms with Crippen molar-refractivity contribution in [2.45, 2.75) is 32.9 Å². The van der Waals surface area contributed by atoms with Gasteiger partial charge in [-0.2, -0.15) is 0 Å². The number of ether oxygens (including phenoxy) is 1. The summed E-state index contributed by atoms with van der Waals surface area (Å²) in [4.78, 5) is 40.0. The first-order valence-corrected chi connectivity index (χ1v) is 10.8. The molecule has 0 atom stereocenters. The molecule has 9 nitrogen and oxygen atoms in total. The lowest BCUT2D eigenvalue weighted by atomic mass is 10.2. The van der Waals surface area contributed by atoms with E-state index in [4.69, 9.17) is 4.74 Å². The second kappa shape index (κ2) is 11.3. The van der Waals surface area contributed by atoms with Crippen LogP contribution in [0.4, 0.5) is 5.13 Å². The molecule has 3 aromatic heterocycles. The summed E-state index contributed by atoms with van der Waals surface area (Å²) in [7, 11) is 1.55. The van der Waals surface area contributed by atoms with Gasteiger partial charge in [0.15, 0.2) is 5.13 Å². The van der Waals surface area contributed by atoms with E-state index in [-0.39, 0.29) is 24.8 Å². The lowest BCUT2D eigenvalue weighted by Gasteiger charge is -2.19. The number of nitrogens with one attached hydrogen (secondary N) is 1. The largest absolute Gasteiger partial charge is 0.384 e. The third-order valence-electron chi connectivity index (χ3n) is 4.50. The van der Waals surface area contributed by atoms with Gasteiger partial charge in [-0.25, -0.2) is 9.97 Å². The van der Waals surface area contributed by atoms with Crippen LogP contribution in [-0.4, -0.2) is 51.6 Å². The average molecular weight is 443 g/mol. The minimum atomic E-state index is -0.202. The number of imidazole rings is 1. The second-order valence-corrected chi connectivity index (χ2v) is 7.98. The van der Waals surface area contributed by atoms with Crippen molar-refractivity contribution >= 4 is 28.3 Å². The van der Waals surface area contributed by atoms with Crippen molar-refractivity contribution in [3.63, 3.8) is 0 Å². The number of aromatic nitrogens is 4. The highest BCUT2D eigenvalue weighted by Gasteiger charge is 2.21. The number of hydrogen-bond donors (Lipinski definition) is 1. The van der Waals surface area contributed by atoms with E-state index in [1.54, 1.807) is 30.7 Å². The summed E-state index contributed by atoms with van der Waals surface area (Å²) in [5, 5.41) is 3.36. The molecule has 1 N–H and O–H groups in total. The predicted molar refractivity (Wildman–Crippen MR) is 118 cm³/mol. The average Bonchev–Trinajstić information content (AvgIpc) is 3.47. The summed E-state index contributed by atoms with van der Waals surface area (Å²) in [6.07, 6.45) is 9.63. The molecule has 164 valence electrons. The third kappa shape index (κ3) is 6.69. The van der Waals surface area contributed by atoms with Gasteiger partial charge in [-0.1, -0.05) is 17.4 Å². The van der Waals surface area contributed by atoms with Crippen LogP contribution in [0.25, 0.3) is 0 Å². The molecule has 0 aliphatic rings. The summed E-state index contributed by atoms with van der Waals surface area (Å²) >= 11 is 1.19. The van der Waals surface area contributed by atoms with Crippen LogP contribution in [0.15, 0.2) is 43.2 Å². The molecule has 3 rings (SSSR count). The van der Waals surface area contributed by atoms with Crippen molar-refractivity contribution < 1.29 is 14.3 Å². The Morgan fingerprint density at radius 1 is 1.26 bits per heavy atom. The van der Waals surface area contributed by atoms with Crippen molar-refractivity contribution in [3.05, 3.63) is 59.4 Å². The summed E-state index contributed by atoms with van der Waals surface area (Å²) in [6, 6.07) is 3.83. The number of rotatable bonds is 11. The van der Waals surface area contributed by atoms with E-state index >= 15 is 0 Å². The number of thiazole rings is 1. The predicted octanol–water partition coefficient (Wildman–Crippen LogP) is 2.43. The van der Waals surface area contributed by atoms with Gasteiger partial charge in [0.05, 0.1) is 37.8 Å². The van der Waals surface area contributed by atoms with Gasteiger partial charge in [-0.05, 0) is 25.0 Å². The molecule has 0 radical (unpaired) electrons. The molecular formula is C21H26N6O3S. The van der Waals surface area contributed by atoms with Crippen LogP contribution < -0.4 is 10.2 Å². The van der Waals surface area contributed by atoms with E-state index in [0.29, 0.717) is 23.2 Å². The van der Waals surface area contributed by atoms with Crippen molar-refractivity contribution in [2.75, 3.05) is 25.2 Å². The Bertz CT molecular complexity index is 971. The standard InChI is InChI=1S/C21H26N6O3S/c1-16-4-5-17(24-12-16)14-27(19(28)6-11-30-2)21-25-13-18(31-21)20(29)23-7-3-9-26-10-8-22-15-26/h4-5,8,10,12-13,15H,3,6-7,9,11,14H2,1-2H3,(H,23,29). The van der Waals surface area contributed by atoms with E-state index in [1.807, 2.05) is 29.8 Å². The van der Waals surface area contributed by atoms with Gasteiger partial charge in [0, 0.05) is 38.8 Å². The number of carbonyl (C=O) groups is 2. The van der Waals surface area contributed by atoms with Gasteiger partial charge in [-0.15, -0.1) is 0 Å². The Kier molecular flexibility index (Phi) is 8.25. The van der Waals surface area contributed by atoms with Crippen molar-refractivity contribution in [1.29, 1.82) is 0 Å². The van der Waals surface area contributed by atoms with Crippen molar-refractivity contribution in [1.82, 2.24) is 24.8 Å². The maximum absolute atomic E-state index is 12.8. The number of nitrogens with zero attached hydrogens (tertiary/aromatic N) is 5. The number of pyridine rings is 1. The van der Waals surface area contributed by atoms with E-state index in [0.717, 1.165) is 24.2 Å². The molecule has 31 heavy (non-hydrogen) atoms. The smallest absolute Gasteiger partial charge is 0.263 e. The molecule has 3 aromatic rings. The summed E-state index contributed by atoms with van der Waals surface area (Å²) in [5.41, 5.74) is 1.79. The molecule has 3 heterocycles. The van der Waals surface area contributed by atoms with Crippen LogP contribution in [-0.2, 0) is 22.6 Å². The Morgan fingerprint density at radius 3 is 2.84 bits per heavy atom. The van der Waals surface area contributed by atoms with Gasteiger partial charge >= 0.3 is 0 Å². The van der Waals surface area contributed by atoms with Crippen LogP contribution in [0.5, 0.6) is 0 Å². The Labute approximate surface area is 185 Å². The number of methoxy groups -OCH3 is 1. The molecule has 0 aliphatic heterocycles. The number of carbonyl (C=O) groups excluding carboxylic acids is 2. The molecule has 0 bridgehead atoms.